The highest BCUT2D eigenvalue weighted by Gasteiger charge is 2.09. The van der Waals surface area contributed by atoms with Crippen LogP contribution in [0.3, 0.4) is 0 Å². The second-order valence-corrected chi connectivity index (χ2v) is 5.23. The Labute approximate surface area is 147 Å². The molecule has 9 heteroatoms. The monoisotopic (exact) mass is 358 g/mol. The van der Waals surface area contributed by atoms with Gasteiger partial charge in [-0.3, -0.25) is 19.7 Å². The van der Waals surface area contributed by atoms with Crippen molar-refractivity contribution in [3.05, 3.63) is 75.6 Å². The van der Waals surface area contributed by atoms with Gasteiger partial charge in [-0.25, -0.2) is 9.82 Å². The van der Waals surface area contributed by atoms with E-state index in [-0.39, 0.29) is 17.8 Å². The van der Waals surface area contributed by atoms with E-state index in [1.165, 1.54) is 42.5 Å². The second-order valence-electron chi connectivity index (χ2n) is 5.23. The Kier molecular flexibility index (Phi) is 6.10. The molecule has 0 saturated carbocycles. The van der Waals surface area contributed by atoms with Crippen molar-refractivity contribution in [3.8, 4) is 0 Å². The van der Waals surface area contributed by atoms with Gasteiger partial charge in [0.25, 0.3) is 17.5 Å². The lowest BCUT2D eigenvalue weighted by molar-refractivity contribution is -0.384. The molecule has 26 heavy (non-hydrogen) atoms. The lowest BCUT2D eigenvalue weighted by Crippen LogP contribution is -2.35. The van der Waals surface area contributed by atoms with Crippen molar-refractivity contribution in [2.45, 2.75) is 6.92 Å². The quantitative estimate of drug-likeness (QED) is 0.467. The molecule has 0 aliphatic rings. The molecule has 0 aromatic heterocycles. The third-order valence-electron chi connectivity index (χ3n) is 3.34. The molecule has 2 amide bonds. The van der Waals surface area contributed by atoms with Gasteiger partial charge in [0.1, 0.15) is 5.82 Å². The topological polar surface area (TPSA) is 114 Å². The zero-order valence-corrected chi connectivity index (χ0v) is 13.7. The van der Waals surface area contributed by atoms with Crippen LogP contribution in [-0.4, -0.2) is 29.0 Å². The van der Waals surface area contributed by atoms with Gasteiger partial charge in [0, 0.05) is 17.7 Å². The Balaban J connectivity index is 1.88. The lowest BCUT2D eigenvalue weighted by atomic mass is 10.1. The molecule has 0 heterocycles. The molecule has 2 aromatic carbocycles. The summed E-state index contributed by atoms with van der Waals surface area (Å²) in [6.07, 6.45) is 0. The van der Waals surface area contributed by atoms with Crippen LogP contribution in [0.2, 0.25) is 0 Å². The number of nitrogens with zero attached hydrogens (tertiary/aromatic N) is 2. The summed E-state index contributed by atoms with van der Waals surface area (Å²) >= 11 is 0. The number of benzene rings is 2. The van der Waals surface area contributed by atoms with Crippen LogP contribution in [-0.2, 0) is 4.79 Å². The Bertz CT molecular complexity index is 865. The largest absolute Gasteiger partial charge is 0.343 e. The van der Waals surface area contributed by atoms with Gasteiger partial charge in [0.05, 0.1) is 17.2 Å². The molecule has 0 fully saturated rings. The Morgan fingerprint density at radius 2 is 1.85 bits per heavy atom. The molecule has 2 N–H and O–H groups in total. The molecule has 134 valence electrons. The summed E-state index contributed by atoms with van der Waals surface area (Å²) in [5, 5.41) is 16.8. The zero-order valence-electron chi connectivity index (χ0n) is 13.7. The van der Waals surface area contributed by atoms with Crippen molar-refractivity contribution in [2.75, 3.05) is 6.54 Å². The summed E-state index contributed by atoms with van der Waals surface area (Å²) in [5.41, 5.74) is 3.34. The first-order chi connectivity index (χ1) is 12.4. The van der Waals surface area contributed by atoms with Crippen LogP contribution < -0.4 is 10.7 Å². The molecule has 8 nitrogen and oxygen atoms in total. The third-order valence-corrected chi connectivity index (χ3v) is 3.34. The number of carbonyl (C=O) groups is 2. The van der Waals surface area contributed by atoms with Crippen LogP contribution in [0.15, 0.2) is 53.6 Å². The van der Waals surface area contributed by atoms with Gasteiger partial charge in [-0.05, 0) is 42.8 Å². The standard InChI is InChI=1S/C17H15FN4O4/c1-11(12-5-7-15(8-6-12)22(25)26)20-21-16(23)10-19-17(24)13-3-2-4-14(18)9-13/h2-9H,10H2,1H3,(H,19,24)(H,21,23)/b20-11-. The van der Waals surface area contributed by atoms with Crippen LogP contribution in [0.25, 0.3) is 0 Å². The number of hydrogen-bond acceptors (Lipinski definition) is 5. The first-order valence-electron chi connectivity index (χ1n) is 7.48. The summed E-state index contributed by atoms with van der Waals surface area (Å²) in [6.45, 7) is 1.28. The first-order valence-corrected chi connectivity index (χ1v) is 7.48. The van der Waals surface area contributed by atoms with E-state index in [0.29, 0.717) is 11.3 Å². The number of nitro benzene ring substituents is 1. The number of nitrogens with one attached hydrogen (secondary N) is 2. The average molecular weight is 358 g/mol. The van der Waals surface area contributed by atoms with Gasteiger partial charge in [0.2, 0.25) is 0 Å². The lowest BCUT2D eigenvalue weighted by Gasteiger charge is -2.05. The maximum Gasteiger partial charge on any atom is 0.269 e. The van der Waals surface area contributed by atoms with Crippen molar-refractivity contribution in [2.24, 2.45) is 5.10 Å². The van der Waals surface area contributed by atoms with E-state index in [1.807, 2.05) is 0 Å². The van der Waals surface area contributed by atoms with Gasteiger partial charge in [-0.2, -0.15) is 5.10 Å². The predicted octanol–water partition coefficient (Wildman–Crippen LogP) is 2.00. The van der Waals surface area contributed by atoms with Gasteiger partial charge in [-0.15, -0.1) is 0 Å². The van der Waals surface area contributed by atoms with E-state index in [2.05, 4.69) is 15.8 Å². The number of nitro groups is 1. The summed E-state index contributed by atoms with van der Waals surface area (Å²) in [7, 11) is 0. The molecule has 0 saturated heterocycles. The molecule has 0 aliphatic carbocycles. The fourth-order valence-corrected chi connectivity index (χ4v) is 1.97. The Morgan fingerprint density at radius 3 is 2.46 bits per heavy atom. The fraction of sp³-hybridized carbons (Fsp3) is 0.118. The van der Waals surface area contributed by atoms with E-state index >= 15 is 0 Å². The SMILES string of the molecule is C/C(=N/NC(=O)CNC(=O)c1cccc(F)c1)c1ccc([N+](=O)[O-])cc1. The van der Waals surface area contributed by atoms with Crippen molar-refractivity contribution in [3.63, 3.8) is 0 Å². The Morgan fingerprint density at radius 1 is 1.15 bits per heavy atom. The van der Waals surface area contributed by atoms with Crippen LogP contribution in [0.1, 0.15) is 22.8 Å². The molecule has 0 aliphatic heterocycles. The van der Waals surface area contributed by atoms with Crippen LogP contribution in [0.5, 0.6) is 0 Å². The number of non-ortho nitro benzene ring substituents is 1. The fourth-order valence-electron chi connectivity index (χ4n) is 1.97. The maximum absolute atomic E-state index is 13.1. The smallest absolute Gasteiger partial charge is 0.269 e. The van der Waals surface area contributed by atoms with Crippen molar-refractivity contribution in [1.82, 2.24) is 10.7 Å². The van der Waals surface area contributed by atoms with Crippen LogP contribution in [0.4, 0.5) is 10.1 Å². The third kappa shape index (κ3) is 5.20. The molecule has 0 bridgehead atoms. The molecule has 0 radical (unpaired) electrons. The zero-order chi connectivity index (χ0) is 19.1. The minimum atomic E-state index is -0.587. The van der Waals surface area contributed by atoms with Crippen LogP contribution >= 0.6 is 0 Å². The van der Waals surface area contributed by atoms with Crippen molar-refractivity contribution >= 4 is 23.2 Å². The van der Waals surface area contributed by atoms with Crippen molar-refractivity contribution in [1.29, 1.82) is 0 Å². The molecule has 2 rings (SSSR count). The number of halogens is 1. The van der Waals surface area contributed by atoms with Crippen LogP contribution in [0, 0.1) is 15.9 Å². The summed E-state index contributed by atoms with van der Waals surface area (Å²) < 4.78 is 13.1. The predicted molar refractivity (Wildman–Crippen MR) is 92.2 cm³/mol. The number of rotatable bonds is 6. The molecule has 2 aromatic rings. The van der Waals surface area contributed by atoms with E-state index in [4.69, 9.17) is 0 Å². The molecule has 0 spiro atoms. The van der Waals surface area contributed by atoms with Gasteiger partial charge in [0.15, 0.2) is 0 Å². The summed E-state index contributed by atoms with van der Waals surface area (Å²) in [6, 6.07) is 10.8. The molecule has 0 atom stereocenters. The Hall–Kier alpha value is -3.62. The number of hydrazone groups is 1. The average Bonchev–Trinajstić information content (AvgIpc) is 2.64. The molecular formula is C17H15FN4O4. The highest BCUT2D eigenvalue weighted by atomic mass is 19.1. The van der Waals surface area contributed by atoms with E-state index in [1.54, 1.807) is 6.92 Å². The van der Waals surface area contributed by atoms with E-state index in [9.17, 15) is 24.1 Å². The van der Waals surface area contributed by atoms with Crippen molar-refractivity contribution < 1.29 is 18.9 Å². The summed E-state index contributed by atoms with van der Waals surface area (Å²) in [5.74, 6) is -1.71. The van der Waals surface area contributed by atoms with Gasteiger partial charge < -0.3 is 5.32 Å². The number of carbonyl (C=O) groups excluding carboxylic acids is 2. The molecule has 0 unspecified atom stereocenters. The minimum absolute atomic E-state index is 0.0503. The highest BCUT2D eigenvalue weighted by molar-refractivity contribution is 6.00. The normalized spacial score (nSPS) is 10.9. The van der Waals surface area contributed by atoms with Gasteiger partial charge >= 0.3 is 0 Å². The minimum Gasteiger partial charge on any atom is -0.343 e. The number of hydrogen-bond donors (Lipinski definition) is 2. The van der Waals surface area contributed by atoms with E-state index in [0.717, 1.165) is 6.07 Å². The van der Waals surface area contributed by atoms with E-state index < -0.39 is 22.6 Å². The maximum atomic E-state index is 13.1. The van der Waals surface area contributed by atoms with Gasteiger partial charge in [-0.1, -0.05) is 6.07 Å². The highest BCUT2D eigenvalue weighted by Crippen LogP contribution is 2.12. The molecular weight excluding hydrogens is 343 g/mol. The first kappa shape index (κ1) is 18.7. The number of amides is 2. The summed E-state index contributed by atoms with van der Waals surface area (Å²) in [4.78, 5) is 33.6. The second kappa shape index (κ2) is 8.47.